The van der Waals surface area contributed by atoms with Crippen LogP contribution in [0.5, 0.6) is 11.5 Å². The van der Waals surface area contributed by atoms with E-state index in [1.165, 1.54) is 12.8 Å². The van der Waals surface area contributed by atoms with Crippen molar-refractivity contribution in [2.24, 2.45) is 0 Å². The fourth-order valence-electron chi connectivity index (χ4n) is 1.98. The van der Waals surface area contributed by atoms with Gasteiger partial charge < -0.3 is 15.1 Å². The van der Waals surface area contributed by atoms with Crippen molar-refractivity contribution in [1.82, 2.24) is 4.90 Å². The fraction of sp³-hybridized carbons (Fsp3) is 0.571. The number of hydrogen-bond donors (Lipinski definition) is 2. The molecule has 0 aliphatic carbocycles. The Hall–Kier alpha value is -0.740. The first-order valence-electron chi connectivity index (χ1n) is 6.40. The molecule has 0 aromatic heterocycles. The second kappa shape index (κ2) is 9.22. The van der Waals surface area contributed by atoms with Gasteiger partial charge in [-0.05, 0) is 50.0 Å². The molecule has 3 nitrogen and oxygen atoms in total. The van der Waals surface area contributed by atoms with Crippen molar-refractivity contribution >= 4 is 17.0 Å². The lowest BCUT2D eigenvalue weighted by Crippen LogP contribution is -2.27. The number of hydrogen-bond acceptors (Lipinski definition) is 3. The number of halogens is 1. The third kappa shape index (κ3) is 5.74. The Morgan fingerprint density at radius 3 is 2.06 bits per heavy atom. The summed E-state index contributed by atoms with van der Waals surface area (Å²) in [6.45, 7) is 7.63. The molecular formula is C14H24BrNO2. The maximum Gasteiger partial charge on any atom is 0.157 e. The maximum atomic E-state index is 9.41. The van der Waals surface area contributed by atoms with E-state index in [2.05, 4.69) is 18.7 Å². The van der Waals surface area contributed by atoms with E-state index >= 15 is 0 Å². The molecule has 0 amide bonds. The SMILES string of the molecule is Br.CCCN(CCC)CCc1ccc(O)c(O)c1. The third-order valence-electron chi connectivity index (χ3n) is 2.84. The average Bonchev–Trinajstić information content (AvgIpc) is 2.31. The molecule has 0 saturated heterocycles. The molecule has 0 heterocycles. The molecule has 1 aromatic carbocycles. The van der Waals surface area contributed by atoms with E-state index in [4.69, 9.17) is 0 Å². The largest absolute Gasteiger partial charge is 0.504 e. The highest BCUT2D eigenvalue weighted by atomic mass is 79.9. The molecule has 0 radical (unpaired) electrons. The normalized spacial score (nSPS) is 10.4. The molecule has 0 saturated carbocycles. The Morgan fingerprint density at radius 2 is 1.56 bits per heavy atom. The van der Waals surface area contributed by atoms with Gasteiger partial charge in [0.1, 0.15) is 0 Å². The molecule has 0 spiro atoms. The van der Waals surface area contributed by atoms with Crippen LogP contribution < -0.4 is 0 Å². The van der Waals surface area contributed by atoms with Gasteiger partial charge in [0.05, 0.1) is 0 Å². The van der Waals surface area contributed by atoms with Crippen LogP contribution in [0, 0.1) is 0 Å². The van der Waals surface area contributed by atoms with Crippen LogP contribution in [0.4, 0.5) is 0 Å². The zero-order chi connectivity index (χ0) is 12.7. The monoisotopic (exact) mass is 317 g/mol. The predicted molar refractivity (Wildman–Crippen MR) is 80.8 cm³/mol. The van der Waals surface area contributed by atoms with E-state index in [0.29, 0.717) is 0 Å². The third-order valence-corrected chi connectivity index (χ3v) is 2.84. The highest BCUT2D eigenvalue weighted by Gasteiger charge is 2.05. The van der Waals surface area contributed by atoms with Gasteiger partial charge in [-0.25, -0.2) is 0 Å². The van der Waals surface area contributed by atoms with Gasteiger partial charge in [-0.1, -0.05) is 19.9 Å². The number of nitrogens with zero attached hydrogens (tertiary/aromatic N) is 1. The van der Waals surface area contributed by atoms with Crippen LogP contribution in [0.25, 0.3) is 0 Å². The summed E-state index contributed by atoms with van der Waals surface area (Å²) in [5, 5.41) is 18.6. The number of phenolic OH excluding ortho intramolecular Hbond substituents is 2. The van der Waals surface area contributed by atoms with Crippen LogP contribution in [-0.4, -0.2) is 34.7 Å². The van der Waals surface area contributed by atoms with Gasteiger partial charge in [0.15, 0.2) is 11.5 Å². The van der Waals surface area contributed by atoms with Gasteiger partial charge in [0.25, 0.3) is 0 Å². The first-order chi connectivity index (χ1) is 8.17. The van der Waals surface area contributed by atoms with Crippen LogP contribution in [0.15, 0.2) is 18.2 Å². The number of aromatic hydroxyl groups is 2. The summed E-state index contributed by atoms with van der Waals surface area (Å²) in [6.07, 6.45) is 3.25. The minimum absolute atomic E-state index is 0. The first kappa shape index (κ1) is 17.3. The number of benzene rings is 1. The second-order valence-electron chi connectivity index (χ2n) is 4.41. The summed E-state index contributed by atoms with van der Waals surface area (Å²) in [4.78, 5) is 2.43. The lowest BCUT2D eigenvalue weighted by molar-refractivity contribution is 0.278. The molecule has 0 unspecified atom stereocenters. The molecule has 4 heteroatoms. The van der Waals surface area contributed by atoms with Crippen LogP contribution in [-0.2, 0) is 6.42 Å². The van der Waals surface area contributed by atoms with E-state index in [0.717, 1.165) is 31.6 Å². The lowest BCUT2D eigenvalue weighted by Gasteiger charge is -2.20. The summed E-state index contributed by atoms with van der Waals surface area (Å²) in [5.74, 6) is -0.0762. The van der Waals surface area contributed by atoms with Crippen LogP contribution >= 0.6 is 17.0 Å². The zero-order valence-corrected chi connectivity index (χ0v) is 12.9. The van der Waals surface area contributed by atoms with Crippen LogP contribution in [0.2, 0.25) is 0 Å². The molecular weight excluding hydrogens is 294 g/mol. The summed E-state index contributed by atoms with van der Waals surface area (Å²) < 4.78 is 0. The van der Waals surface area contributed by atoms with E-state index < -0.39 is 0 Å². The summed E-state index contributed by atoms with van der Waals surface area (Å²) in [5.41, 5.74) is 1.07. The predicted octanol–water partition coefficient (Wildman–Crippen LogP) is 3.34. The Morgan fingerprint density at radius 1 is 0.944 bits per heavy atom. The van der Waals surface area contributed by atoms with Gasteiger partial charge in [0, 0.05) is 6.54 Å². The van der Waals surface area contributed by atoms with Crippen molar-refractivity contribution in [2.75, 3.05) is 19.6 Å². The Balaban J connectivity index is 0.00000289. The molecule has 18 heavy (non-hydrogen) atoms. The molecule has 1 aromatic rings. The summed E-state index contributed by atoms with van der Waals surface area (Å²) in [7, 11) is 0. The minimum atomic E-state index is -0.0484. The van der Waals surface area contributed by atoms with Gasteiger partial charge in [-0.3, -0.25) is 0 Å². The molecule has 2 N–H and O–H groups in total. The lowest BCUT2D eigenvalue weighted by atomic mass is 10.1. The Kier molecular flexibility index (Phi) is 8.85. The van der Waals surface area contributed by atoms with E-state index in [1.807, 2.05) is 6.07 Å². The highest BCUT2D eigenvalue weighted by molar-refractivity contribution is 8.93. The minimum Gasteiger partial charge on any atom is -0.504 e. The van der Waals surface area contributed by atoms with Crippen molar-refractivity contribution in [3.05, 3.63) is 23.8 Å². The van der Waals surface area contributed by atoms with Crippen molar-refractivity contribution in [1.29, 1.82) is 0 Å². The van der Waals surface area contributed by atoms with Crippen LogP contribution in [0.1, 0.15) is 32.3 Å². The standard InChI is InChI=1S/C14H23NO2.BrH/c1-3-8-15(9-4-2)10-7-12-5-6-13(16)14(17)11-12;/h5-6,11,16-17H,3-4,7-10H2,1-2H3;1H. The zero-order valence-electron chi connectivity index (χ0n) is 11.2. The number of rotatable bonds is 7. The number of phenols is 2. The fourth-order valence-corrected chi connectivity index (χ4v) is 1.98. The van der Waals surface area contributed by atoms with Crippen molar-refractivity contribution in [3.63, 3.8) is 0 Å². The van der Waals surface area contributed by atoms with Gasteiger partial charge in [-0.15, -0.1) is 17.0 Å². The maximum absolute atomic E-state index is 9.41. The first-order valence-corrected chi connectivity index (χ1v) is 6.40. The average molecular weight is 318 g/mol. The molecule has 0 fully saturated rings. The summed E-state index contributed by atoms with van der Waals surface area (Å²) in [6, 6.07) is 5.06. The van der Waals surface area contributed by atoms with Gasteiger partial charge >= 0.3 is 0 Å². The smallest absolute Gasteiger partial charge is 0.157 e. The molecule has 0 aliphatic rings. The Labute approximate surface area is 120 Å². The van der Waals surface area contributed by atoms with Crippen molar-refractivity contribution in [2.45, 2.75) is 33.1 Å². The molecule has 104 valence electrons. The second-order valence-corrected chi connectivity index (χ2v) is 4.41. The topological polar surface area (TPSA) is 43.7 Å². The van der Waals surface area contributed by atoms with E-state index in [-0.39, 0.29) is 28.5 Å². The Bertz CT molecular complexity index is 339. The van der Waals surface area contributed by atoms with Gasteiger partial charge in [-0.2, -0.15) is 0 Å². The summed E-state index contributed by atoms with van der Waals surface area (Å²) >= 11 is 0. The van der Waals surface area contributed by atoms with Gasteiger partial charge in [0.2, 0.25) is 0 Å². The van der Waals surface area contributed by atoms with Crippen molar-refractivity contribution in [3.8, 4) is 11.5 Å². The quantitative estimate of drug-likeness (QED) is 0.758. The molecule has 0 bridgehead atoms. The van der Waals surface area contributed by atoms with E-state index in [9.17, 15) is 10.2 Å². The molecule has 0 aliphatic heterocycles. The molecule has 1 rings (SSSR count). The van der Waals surface area contributed by atoms with Crippen LogP contribution in [0.3, 0.4) is 0 Å². The van der Waals surface area contributed by atoms with E-state index in [1.54, 1.807) is 12.1 Å². The van der Waals surface area contributed by atoms with Crippen molar-refractivity contribution < 1.29 is 10.2 Å². The highest BCUT2D eigenvalue weighted by Crippen LogP contribution is 2.25. The molecule has 0 atom stereocenters.